The van der Waals surface area contributed by atoms with Crippen molar-refractivity contribution in [1.82, 2.24) is 9.47 Å². The summed E-state index contributed by atoms with van der Waals surface area (Å²) in [6.07, 6.45) is 4.24. The van der Waals surface area contributed by atoms with Crippen molar-refractivity contribution < 1.29 is 13.2 Å². The van der Waals surface area contributed by atoms with Gasteiger partial charge in [-0.05, 0) is 19.0 Å². The van der Waals surface area contributed by atoms with E-state index in [0.717, 1.165) is 0 Å². The molecule has 0 aromatic carbocycles. The Morgan fingerprint density at radius 2 is 2.11 bits per heavy atom. The first-order chi connectivity index (χ1) is 8.46. The molecule has 2 rings (SSSR count). The van der Waals surface area contributed by atoms with Crippen molar-refractivity contribution in [1.29, 1.82) is 0 Å². The molecule has 1 aliphatic rings. The van der Waals surface area contributed by atoms with E-state index in [2.05, 4.69) is 0 Å². The van der Waals surface area contributed by atoms with Crippen molar-refractivity contribution in [2.24, 2.45) is 7.05 Å². The van der Waals surface area contributed by atoms with Gasteiger partial charge in [-0.2, -0.15) is 0 Å². The van der Waals surface area contributed by atoms with Crippen LogP contribution >= 0.6 is 0 Å². The van der Waals surface area contributed by atoms with Crippen LogP contribution in [0.3, 0.4) is 0 Å². The fourth-order valence-electron chi connectivity index (χ4n) is 2.11. The molecule has 0 radical (unpaired) electrons. The largest absolute Gasteiger partial charge is 0.357 e. The maximum Gasteiger partial charge on any atom is 0.178 e. The lowest BCUT2D eigenvalue weighted by Gasteiger charge is -2.17. The average Bonchev–Trinajstić information content (AvgIpc) is 2.65. The number of hydrogen-bond donors (Lipinski definition) is 0. The van der Waals surface area contributed by atoms with Gasteiger partial charge in [0.15, 0.2) is 15.6 Å². The van der Waals surface area contributed by atoms with Crippen LogP contribution in [0.2, 0.25) is 0 Å². The quantitative estimate of drug-likeness (QED) is 0.743. The Labute approximate surface area is 107 Å². The van der Waals surface area contributed by atoms with Gasteiger partial charge in [-0.1, -0.05) is 0 Å². The third kappa shape index (κ3) is 3.43. The average molecular weight is 270 g/mol. The second-order valence-corrected chi connectivity index (χ2v) is 7.07. The number of carbonyl (C=O) groups excluding carboxylic acids is 1. The maximum atomic E-state index is 12.0. The van der Waals surface area contributed by atoms with Crippen LogP contribution in [-0.2, 0) is 16.9 Å². The molecule has 0 spiro atoms. The minimum atomic E-state index is -2.91. The van der Waals surface area contributed by atoms with Gasteiger partial charge in [0.1, 0.15) is 0 Å². The topological polar surface area (TPSA) is 59.4 Å². The Hall–Kier alpha value is -1.14. The number of aromatic nitrogens is 1. The summed E-state index contributed by atoms with van der Waals surface area (Å²) < 4.78 is 24.8. The first kappa shape index (κ1) is 13.3. The number of rotatable bonds is 3. The van der Waals surface area contributed by atoms with E-state index in [4.69, 9.17) is 0 Å². The molecule has 0 bridgehead atoms. The number of hydrogen-bond acceptors (Lipinski definition) is 4. The molecule has 1 aromatic rings. The molecular weight excluding hydrogens is 252 g/mol. The Morgan fingerprint density at radius 3 is 2.78 bits per heavy atom. The minimum Gasteiger partial charge on any atom is -0.357 e. The molecule has 0 N–H and O–H groups in total. The van der Waals surface area contributed by atoms with Crippen molar-refractivity contribution in [2.75, 3.05) is 31.1 Å². The fourth-order valence-corrected chi connectivity index (χ4v) is 3.42. The molecular formula is C12H18N2O3S. The van der Waals surface area contributed by atoms with Crippen molar-refractivity contribution in [3.63, 3.8) is 0 Å². The predicted molar refractivity (Wildman–Crippen MR) is 69.5 cm³/mol. The number of ketones is 1. The summed E-state index contributed by atoms with van der Waals surface area (Å²) in [5.41, 5.74) is 0.685. The summed E-state index contributed by atoms with van der Waals surface area (Å²) in [4.78, 5) is 13.9. The molecule has 6 heteroatoms. The monoisotopic (exact) mass is 270 g/mol. The Balaban J connectivity index is 1.95. The summed E-state index contributed by atoms with van der Waals surface area (Å²) in [6, 6.07) is 1.79. The fraction of sp³-hybridized carbons (Fsp3) is 0.583. The van der Waals surface area contributed by atoms with E-state index in [1.165, 1.54) is 0 Å². The van der Waals surface area contributed by atoms with Crippen molar-refractivity contribution >= 4 is 15.6 Å². The van der Waals surface area contributed by atoms with E-state index in [9.17, 15) is 13.2 Å². The van der Waals surface area contributed by atoms with Crippen LogP contribution in [0.15, 0.2) is 18.5 Å². The molecule has 1 saturated heterocycles. The normalized spacial score (nSPS) is 20.5. The zero-order valence-corrected chi connectivity index (χ0v) is 11.3. The molecule has 0 amide bonds. The first-order valence-corrected chi connectivity index (χ1v) is 7.86. The number of nitrogens with zero attached hydrogens (tertiary/aromatic N) is 2. The van der Waals surface area contributed by atoms with E-state index in [1.54, 1.807) is 12.3 Å². The summed E-state index contributed by atoms with van der Waals surface area (Å²) in [5.74, 6) is 0.452. The number of aryl methyl sites for hydroxylation is 1. The molecule has 0 atom stereocenters. The smallest absolute Gasteiger partial charge is 0.178 e. The zero-order valence-electron chi connectivity index (χ0n) is 10.5. The van der Waals surface area contributed by atoms with Crippen molar-refractivity contribution in [2.45, 2.75) is 6.42 Å². The summed E-state index contributed by atoms with van der Waals surface area (Å²) in [7, 11) is -1.04. The molecule has 0 aliphatic carbocycles. The predicted octanol–water partition coefficient (Wildman–Crippen LogP) is 0.328. The molecule has 1 aliphatic heterocycles. The standard InChI is InChI=1S/C12H18N2O3S/c1-13-5-3-11(9-13)12(15)10-14-4-2-7-18(16,17)8-6-14/h3,5,9H,2,4,6-8,10H2,1H3. The molecule has 0 saturated carbocycles. The van der Waals surface area contributed by atoms with Crippen molar-refractivity contribution in [3.8, 4) is 0 Å². The molecule has 18 heavy (non-hydrogen) atoms. The van der Waals surface area contributed by atoms with Crippen LogP contribution in [0.1, 0.15) is 16.8 Å². The first-order valence-electron chi connectivity index (χ1n) is 6.04. The van der Waals surface area contributed by atoms with Gasteiger partial charge in [0.05, 0.1) is 18.1 Å². The lowest BCUT2D eigenvalue weighted by Crippen LogP contribution is -2.32. The third-order valence-corrected chi connectivity index (χ3v) is 4.88. The molecule has 2 heterocycles. The van der Waals surface area contributed by atoms with Crippen LogP contribution < -0.4 is 0 Å². The highest BCUT2D eigenvalue weighted by molar-refractivity contribution is 7.91. The van der Waals surface area contributed by atoms with Gasteiger partial charge in [-0.25, -0.2) is 8.42 Å². The van der Waals surface area contributed by atoms with Crippen LogP contribution in [0, 0.1) is 0 Å². The van der Waals surface area contributed by atoms with Gasteiger partial charge in [0, 0.05) is 31.5 Å². The molecule has 1 aromatic heterocycles. The van der Waals surface area contributed by atoms with Gasteiger partial charge in [-0.15, -0.1) is 0 Å². The van der Waals surface area contributed by atoms with E-state index in [1.807, 2.05) is 22.7 Å². The summed E-state index contributed by atoms with van der Waals surface area (Å²) in [5, 5.41) is 0. The highest BCUT2D eigenvalue weighted by atomic mass is 32.2. The zero-order chi connectivity index (χ0) is 13.2. The SMILES string of the molecule is Cn1ccc(C(=O)CN2CCCS(=O)(=O)CC2)c1. The van der Waals surface area contributed by atoms with E-state index < -0.39 is 9.84 Å². The van der Waals surface area contributed by atoms with Crippen LogP contribution in [-0.4, -0.2) is 54.8 Å². The van der Waals surface area contributed by atoms with E-state index in [0.29, 0.717) is 31.6 Å². The van der Waals surface area contributed by atoms with E-state index >= 15 is 0 Å². The van der Waals surface area contributed by atoms with Gasteiger partial charge in [0.2, 0.25) is 0 Å². The number of carbonyl (C=O) groups is 1. The van der Waals surface area contributed by atoms with Gasteiger partial charge in [-0.3, -0.25) is 9.69 Å². The number of Topliss-reactive ketones (excluding diaryl/α,β-unsaturated/α-hetero) is 1. The van der Waals surface area contributed by atoms with Crippen LogP contribution in [0.25, 0.3) is 0 Å². The third-order valence-electron chi connectivity index (χ3n) is 3.17. The van der Waals surface area contributed by atoms with Crippen LogP contribution in [0.5, 0.6) is 0 Å². The van der Waals surface area contributed by atoms with Gasteiger partial charge in [0.25, 0.3) is 0 Å². The number of sulfone groups is 1. The second kappa shape index (κ2) is 5.24. The highest BCUT2D eigenvalue weighted by Crippen LogP contribution is 2.07. The molecule has 0 unspecified atom stereocenters. The molecule has 5 nitrogen and oxygen atoms in total. The Bertz CT molecular complexity index is 533. The Morgan fingerprint density at radius 1 is 1.33 bits per heavy atom. The lowest BCUT2D eigenvalue weighted by atomic mass is 10.2. The highest BCUT2D eigenvalue weighted by Gasteiger charge is 2.21. The summed E-state index contributed by atoms with van der Waals surface area (Å²) >= 11 is 0. The van der Waals surface area contributed by atoms with Crippen LogP contribution in [0.4, 0.5) is 0 Å². The minimum absolute atomic E-state index is 0.0508. The molecule has 100 valence electrons. The lowest BCUT2D eigenvalue weighted by molar-refractivity contribution is 0.0935. The van der Waals surface area contributed by atoms with Gasteiger partial charge < -0.3 is 4.57 Å². The molecule has 1 fully saturated rings. The Kier molecular flexibility index (Phi) is 3.87. The summed E-state index contributed by atoms with van der Waals surface area (Å²) in [6.45, 7) is 1.44. The van der Waals surface area contributed by atoms with Crippen molar-refractivity contribution in [3.05, 3.63) is 24.0 Å². The second-order valence-electron chi connectivity index (χ2n) is 4.77. The van der Waals surface area contributed by atoms with E-state index in [-0.39, 0.29) is 17.3 Å². The van der Waals surface area contributed by atoms with Gasteiger partial charge >= 0.3 is 0 Å². The maximum absolute atomic E-state index is 12.0.